The van der Waals surface area contributed by atoms with E-state index in [9.17, 15) is 0 Å². The molecule has 2 fully saturated rings. The van der Waals surface area contributed by atoms with Gasteiger partial charge in [0.1, 0.15) is 5.65 Å². The maximum Gasteiger partial charge on any atom is 0.140 e. The molecule has 124 valence electrons. The van der Waals surface area contributed by atoms with Crippen LogP contribution in [0.3, 0.4) is 0 Å². The van der Waals surface area contributed by atoms with Gasteiger partial charge in [-0.1, -0.05) is 0 Å². The van der Waals surface area contributed by atoms with Crippen molar-refractivity contribution in [2.45, 2.75) is 31.8 Å². The summed E-state index contributed by atoms with van der Waals surface area (Å²) >= 11 is 0. The van der Waals surface area contributed by atoms with Crippen molar-refractivity contribution in [1.29, 1.82) is 0 Å². The van der Waals surface area contributed by atoms with Crippen molar-refractivity contribution in [3.8, 4) is 11.3 Å². The standard InChI is InChI=1S/C18H22N6/c1-11-16-15(24-9-13-3-4-14(10-24)21-13)5-6-19-18(16)22-17(11)12-7-20-23(2)8-12/h5-8,13-14,21H,3-4,9-10H2,1-2H3,(H,19,22). The van der Waals surface area contributed by atoms with Crippen LogP contribution in [0.15, 0.2) is 24.7 Å². The summed E-state index contributed by atoms with van der Waals surface area (Å²) < 4.78 is 1.84. The molecule has 2 unspecified atom stereocenters. The second-order valence-corrected chi connectivity index (χ2v) is 7.12. The lowest BCUT2D eigenvalue weighted by Gasteiger charge is -2.35. The summed E-state index contributed by atoms with van der Waals surface area (Å²) in [4.78, 5) is 10.6. The Labute approximate surface area is 140 Å². The normalized spacial score (nSPS) is 23.3. The van der Waals surface area contributed by atoms with E-state index in [0.717, 1.165) is 30.0 Å². The van der Waals surface area contributed by atoms with Gasteiger partial charge in [-0.05, 0) is 31.4 Å². The van der Waals surface area contributed by atoms with Gasteiger partial charge in [-0.2, -0.15) is 5.10 Å². The first kappa shape index (κ1) is 14.0. The highest BCUT2D eigenvalue weighted by atomic mass is 15.2. The number of aromatic amines is 1. The molecule has 0 saturated carbocycles. The molecule has 6 heteroatoms. The predicted octanol–water partition coefficient (Wildman–Crippen LogP) is 2.21. The Morgan fingerprint density at radius 3 is 2.71 bits per heavy atom. The first-order chi connectivity index (χ1) is 11.7. The summed E-state index contributed by atoms with van der Waals surface area (Å²) in [5.41, 5.74) is 5.76. The number of piperazine rings is 1. The number of nitrogens with one attached hydrogen (secondary N) is 2. The third kappa shape index (κ3) is 2.06. The second kappa shape index (κ2) is 5.08. The van der Waals surface area contributed by atoms with E-state index in [2.05, 4.69) is 38.3 Å². The molecule has 2 atom stereocenters. The molecular weight excluding hydrogens is 300 g/mol. The lowest BCUT2D eigenvalue weighted by Crippen LogP contribution is -2.51. The SMILES string of the molecule is Cc1c(-c2cnn(C)c2)[nH]c2nccc(N3CC4CCC(C3)N4)c12. The zero-order valence-corrected chi connectivity index (χ0v) is 14.1. The molecule has 0 aliphatic carbocycles. The number of aromatic nitrogens is 4. The Kier molecular flexibility index (Phi) is 2.97. The maximum absolute atomic E-state index is 4.58. The van der Waals surface area contributed by atoms with Gasteiger partial charge in [0.05, 0.1) is 11.9 Å². The predicted molar refractivity (Wildman–Crippen MR) is 95.2 cm³/mol. The van der Waals surface area contributed by atoms with Crippen LogP contribution in [0.2, 0.25) is 0 Å². The van der Waals surface area contributed by atoms with Crippen LogP contribution in [0.5, 0.6) is 0 Å². The van der Waals surface area contributed by atoms with Crippen LogP contribution in [0.25, 0.3) is 22.3 Å². The fourth-order valence-electron chi connectivity index (χ4n) is 4.35. The van der Waals surface area contributed by atoms with Gasteiger partial charge in [-0.15, -0.1) is 0 Å². The lowest BCUT2D eigenvalue weighted by atomic mass is 10.1. The number of rotatable bonds is 2. The second-order valence-electron chi connectivity index (χ2n) is 7.12. The van der Waals surface area contributed by atoms with E-state index in [1.165, 1.54) is 29.5 Å². The Morgan fingerprint density at radius 1 is 1.21 bits per heavy atom. The molecule has 2 bridgehead atoms. The number of pyridine rings is 1. The molecule has 0 radical (unpaired) electrons. The number of fused-ring (bicyclic) bond motifs is 3. The Hall–Kier alpha value is -2.34. The van der Waals surface area contributed by atoms with E-state index in [1.807, 2.05) is 30.3 Å². The highest BCUT2D eigenvalue weighted by molar-refractivity contribution is 5.97. The molecule has 6 nitrogen and oxygen atoms in total. The van der Waals surface area contributed by atoms with Crippen molar-refractivity contribution in [3.05, 3.63) is 30.2 Å². The molecular formula is C18H22N6. The van der Waals surface area contributed by atoms with E-state index < -0.39 is 0 Å². The summed E-state index contributed by atoms with van der Waals surface area (Å²) in [6, 6.07) is 3.43. The molecule has 0 spiro atoms. The van der Waals surface area contributed by atoms with E-state index in [-0.39, 0.29) is 0 Å². The van der Waals surface area contributed by atoms with Crippen molar-refractivity contribution in [2.24, 2.45) is 7.05 Å². The average Bonchev–Trinajstić information content (AvgIpc) is 3.25. The van der Waals surface area contributed by atoms with Crippen LogP contribution in [-0.2, 0) is 7.05 Å². The van der Waals surface area contributed by atoms with Crippen LogP contribution in [0, 0.1) is 6.92 Å². The molecule has 24 heavy (non-hydrogen) atoms. The van der Waals surface area contributed by atoms with Gasteiger partial charge in [0, 0.05) is 61.3 Å². The van der Waals surface area contributed by atoms with Crippen molar-refractivity contribution >= 4 is 16.7 Å². The van der Waals surface area contributed by atoms with Crippen LogP contribution in [-0.4, -0.2) is 44.9 Å². The Balaban J connectivity index is 1.63. The minimum absolute atomic E-state index is 0.629. The first-order valence-electron chi connectivity index (χ1n) is 8.66. The van der Waals surface area contributed by atoms with E-state index in [4.69, 9.17) is 0 Å². The zero-order valence-electron chi connectivity index (χ0n) is 14.1. The Morgan fingerprint density at radius 2 is 2.00 bits per heavy atom. The molecule has 2 aliphatic rings. The third-order valence-corrected chi connectivity index (χ3v) is 5.47. The zero-order chi connectivity index (χ0) is 16.3. The molecule has 2 saturated heterocycles. The van der Waals surface area contributed by atoms with E-state index in [0.29, 0.717) is 12.1 Å². The molecule has 2 N–H and O–H groups in total. The lowest BCUT2D eigenvalue weighted by molar-refractivity contribution is 0.466. The number of aryl methyl sites for hydroxylation is 2. The van der Waals surface area contributed by atoms with Gasteiger partial charge in [-0.25, -0.2) is 4.98 Å². The van der Waals surface area contributed by atoms with Gasteiger partial charge in [0.15, 0.2) is 0 Å². The highest BCUT2D eigenvalue weighted by Gasteiger charge is 2.33. The minimum atomic E-state index is 0.629. The number of H-pyrrole nitrogens is 1. The van der Waals surface area contributed by atoms with Crippen molar-refractivity contribution in [3.63, 3.8) is 0 Å². The summed E-state index contributed by atoms with van der Waals surface area (Å²) in [6.07, 6.45) is 8.46. The van der Waals surface area contributed by atoms with Gasteiger partial charge in [0.25, 0.3) is 0 Å². The third-order valence-electron chi connectivity index (χ3n) is 5.47. The van der Waals surface area contributed by atoms with Gasteiger partial charge in [0.2, 0.25) is 0 Å². The Bertz CT molecular complexity index is 896. The fourth-order valence-corrected chi connectivity index (χ4v) is 4.35. The highest BCUT2D eigenvalue weighted by Crippen LogP contribution is 2.36. The number of nitrogens with zero attached hydrogens (tertiary/aromatic N) is 4. The summed E-state index contributed by atoms with van der Waals surface area (Å²) in [5.74, 6) is 0. The molecule has 3 aromatic heterocycles. The van der Waals surface area contributed by atoms with Crippen molar-refractivity contribution in [1.82, 2.24) is 25.1 Å². The smallest absolute Gasteiger partial charge is 0.140 e. The van der Waals surface area contributed by atoms with E-state index in [1.54, 1.807) is 0 Å². The van der Waals surface area contributed by atoms with Gasteiger partial charge >= 0.3 is 0 Å². The molecule has 0 aromatic carbocycles. The minimum Gasteiger partial charge on any atom is -0.368 e. The molecule has 2 aliphatic heterocycles. The fraction of sp³-hybridized carbons (Fsp3) is 0.444. The number of hydrogen-bond donors (Lipinski definition) is 2. The summed E-state index contributed by atoms with van der Waals surface area (Å²) in [5, 5.41) is 9.26. The number of hydrogen-bond acceptors (Lipinski definition) is 4. The van der Waals surface area contributed by atoms with Crippen molar-refractivity contribution < 1.29 is 0 Å². The molecule has 0 amide bonds. The van der Waals surface area contributed by atoms with Crippen LogP contribution in [0.1, 0.15) is 18.4 Å². The van der Waals surface area contributed by atoms with Crippen LogP contribution >= 0.6 is 0 Å². The molecule has 5 heterocycles. The van der Waals surface area contributed by atoms with Crippen LogP contribution < -0.4 is 10.2 Å². The quantitative estimate of drug-likeness (QED) is 0.759. The first-order valence-corrected chi connectivity index (χ1v) is 8.66. The molecule has 3 aromatic rings. The molecule has 5 rings (SSSR count). The summed E-state index contributed by atoms with van der Waals surface area (Å²) in [7, 11) is 1.95. The largest absolute Gasteiger partial charge is 0.368 e. The average molecular weight is 322 g/mol. The van der Waals surface area contributed by atoms with Crippen LogP contribution in [0.4, 0.5) is 5.69 Å². The van der Waals surface area contributed by atoms with Crippen molar-refractivity contribution in [2.75, 3.05) is 18.0 Å². The number of anilines is 1. The summed E-state index contributed by atoms with van der Waals surface area (Å²) in [6.45, 7) is 4.36. The van der Waals surface area contributed by atoms with Gasteiger partial charge < -0.3 is 15.2 Å². The van der Waals surface area contributed by atoms with E-state index >= 15 is 0 Å². The monoisotopic (exact) mass is 322 g/mol. The maximum atomic E-state index is 4.58. The topological polar surface area (TPSA) is 61.8 Å². The van der Waals surface area contributed by atoms with Gasteiger partial charge in [-0.3, -0.25) is 4.68 Å².